The molecule has 1 aromatic heterocycles. The molecule has 1 atom stereocenters. The third kappa shape index (κ3) is 5.58. The van der Waals surface area contributed by atoms with Crippen LogP contribution in [-0.2, 0) is 0 Å². The van der Waals surface area contributed by atoms with Crippen molar-refractivity contribution in [3.8, 4) is 17.1 Å². The molecule has 0 spiro atoms. The summed E-state index contributed by atoms with van der Waals surface area (Å²) in [5.74, 6) is 3.01. The van der Waals surface area contributed by atoms with Gasteiger partial charge in [-0.05, 0) is 18.9 Å². The molecule has 2 aromatic rings. The van der Waals surface area contributed by atoms with Crippen molar-refractivity contribution in [1.82, 2.24) is 15.1 Å². The van der Waals surface area contributed by atoms with Crippen LogP contribution in [0.25, 0.3) is 11.3 Å². The fourth-order valence-corrected chi connectivity index (χ4v) is 3.86. The third-order valence-electron chi connectivity index (χ3n) is 4.26. The minimum atomic E-state index is 0.123. The first kappa shape index (κ1) is 18.0. The zero-order valence-corrected chi connectivity index (χ0v) is 15.3. The topological polar surface area (TPSA) is 38.2 Å². The lowest BCUT2D eigenvalue weighted by Gasteiger charge is -2.30. The molecule has 1 aliphatic rings. The summed E-state index contributed by atoms with van der Waals surface area (Å²) >= 11 is 2.03. The van der Waals surface area contributed by atoms with Crippen LogP contribution in [0.5, 0.6) is 5.88 Å². The van der Waals surface area contributed by atoms with Crippen LogP contribution in [0.4, 0.5) is 0 Å². The Bertz CT molecular complexity index is 642. The van der Waals surface area contributed by atoms with Gasteiger partial charge in [0, 0.05) is 42.8 Å². The van der Waals surface area contributed by atoms with Crippen molar-refractivity contribution < 1.29 is 4.74 Å². The van der Waals surface area contributed by atoms with E-state index in [0.29, 0.717) is 5.88 Å². The van der Waals surface area contributed by atoms with Crippen LogP contribution in [0.1, 0.15) is 12.8 Å². The number of aromatic nitrogens is 2. The van der Waals surface area contributed by atoms with Gasteiger partial charge in [0.1, 0.15) is 6.10 Å². The van der Waals surface area contributed by atoms with Crippen LogP contribution >= 0.6 is 11.8 Å². The highest BCUT2D eigenvalue weighted by molar-refractivity contribution is 7.99. The highest BCUT2D eigenvalue weighted by atomic mass is 32.2. The van der Waals surface area contributed by atoms with Crippen molar-refractivity contribution in [2.45, 2.75) is 18.9 Å². The molecule has 25 heavy (non-hydrogen) atoms. The molecule has 0 aliphatic carbocycles. The summed E-state index contributed by atoms with van der Waals surface area (Å²) in [6.45, 7) is 7.04. The molecule has 1 aromatic carbocycles. The second kappa shape index (κ2) is 9.59. The summed E-state index contributed by atoms with van der Waals surface area (Å²) in [5.41, 5.74) is 1.93. The standard InChI is InChI=1S/C20H25N3OS/c1-2-3-9-18(16-23-12-14-25-15-13-23)24-20-11-10-19(21-22-20)17-7-5-4-6-8-17/h2,4-8,10-11,18H,1,3,9,12-16H2. The molecule has 1 unspecified atom stereocenters. The van der Waals surface area contributed by atoms with Crippen molar-refractivity contribution in [3.05, 3.63) is 55.1 Å². The Balaban J connectivity index is 1.62. The number of allylic oxidation sites excluding steroid dienone is 1. The van der Waals surface area contributed by atoms with E-state index in [9.17, 15) is 0 Å². The van der Waals surface area contributed by atoms with Crippen molar-refractivity contribution in [2.75, 3.05) is 31.1 Å². The minimum Gasteiger partial charge on any atom is -0.472 e. The molecule has 1 aliphatic heterocycles. The molecule has 2 heterocycles. The molecule has 0 bridgehead atoms. The zero-order chi connectivity index (χ0) is 17.3. The van der Waals surface area contributed by atoms with Gasteiger partial charge in [-0.1, -0.05) is 36.4 Å². The SMILES string of the molecule is C=CCCC(CN1CCSCC1)Oc1ccc(-c2ccccc2)nn1. The fraction of sp³-hybridized carbons (Fsp3) is 0.400. The van der Waals surface area contributed by atoms with Crippen LogP contribution in [0.15, 0.2) is 55.1 Å². The molecule has 1 saturated heterocycles. The first-order valence-corrected chi connectivity index (χ1v) is 9.97. The number of rotatable bonds is 8. The van der Waals surface area contributed by atoms with E-state index in [1.54, 1.807) is 0 Å². The van der Waals surface area contributed by atoms with E-state index in [1.807, 2.05) is 60.3 Å². The summed E-state index contributed by atoms with van der Waals surface area (Å²) in [5, 5.41) is 8.59. The Morgan fingerprint density at radius 3 is 2.60 bits per heavy atom. The van der Waals surface area contributed by atoms with Crippen molar-refractivity contribution >= 4 is 11.8 Å². The maximum Gasteiger partial charge on any atom is 0.233 e. The van der Waals surface area contributed by atoms with Crippen LogP contribution in [0, 0.1) is 0 Å². The fourth-order valence-electron chi connectivity index (χ4n) is 2.88. The molecule has 0 radical (unpaired) electrons. The smallest absolute Gasteiger partial charge is 0.233 e. The summed E-state index contributed by atoms with van der Waals surface area (Å²) in [4.78, 5) is 2.48. The summed E-state index contributed by atoms with van der Waals surface area (Å²) in [7, 11) is 0. The maximum atomic E-state index is 6.14. The lowest BCUT2D eigenvalue weighted by atomic mass is 10.1. The first-order chi connectivity index (χ1) is 12.3. The predicted octanol–water partition coefficient (Wildman–Crippen LogP) is 3.91. The molecule has 0 saturated carbocycles. The van der Waals surface area contributed by atoms with E-state index in [4.69, 9.17) is 4.74 Å². The van der Waals surface area contributed by atoms with Gasteiger partial charge in [0.15, 0.2) is 0 Å². The molecule has 5 heteroatoms. The Labute approximate surface area is 154 Å². The minimum absolute atomic E-state index is 0.123. The number of ether oxygens (including phenoxy) is 1. The van der Waals surface area contributed by atoms with Crippen molar-refractivity contribution in [1.29, 1.82) is 0 Å². The average molecular weight is 356 g/mol. The lowest BCUT2D eigenvalue weighted by molar-refractivity contribution is 0.126. The van der Waals surface area contributed by atoms with Crippen LogP contribution in [-0.4, -0.2) is 52.3 Å². The second-order valence-electron chi connectivity index (χ2n) is 6.14. The number of benzene rings is 1. The normalized spacial score (nSPS) is 16.3. The first-order valence-electron chi connectivity index (χ1n) is 8.82. The second-order valence-corrected chi connectivity index (χ2v) is 7.37. The van der Waals surface area contributed by atoms with Gasteiger partial charge >= 0.3 is 0 Å². The Kier molecular flexibility index (Phi) is 6.89. The van der Waals surface area contributed by atoms with E-state index in [1.165, 1.54) is 11.5 Å². The van der Waals surface area contributed by atoms with Gasteiger partial charge in [-0.15, -0.1) is 16.8 Å². The number of thioether (sulfide) groups is 1. The molecule has 3 rings (SSSR count). The van der Waals surface area contributed by atoms with Crippen LogP contribution < -0.4 is 4.74 Å². The molecular weight excluding hydrogens is 330 g/mol. The molecule has 132 valence electrons. The average Bonchev–Trinajstić information content (AvgIpc) is 2.68. The molecule has 4 nitrogen and oxygen atoms in total. The molecule has 0 amide bonds. The molecule has 0 N–H and O–H groups in total. The molecule has 1 fully saturated rings. The van der Waals surface area contributed by atoms with Gasteiger partial charge in [-0.25, -0.2) is 0 Å². The summed E-state index contributed by atoms with van der Waals surface area (Å²) in [6, 6.07) is 14.0. The van der Waals surface area contributed by atoms with Crippen molar-refractivity contribution in [2.24, 2.45) is 0 Å². The maximum absolute atomic E-state index is 6.14. The highest BCUT2D eigenvalue weighted by Gasteiger charge is 2.18. The van der Waals surface area contributed by atoms with E-state index in [-0.39, 0.29) is 6.10 Å². The Hall–Kier alpha value is -1.85. The van der Waals surface area contributed by atoms with Crippen molar-refractivity contribution in [3.63, 3.8) is 0 Å². The van der Waals surface area contributed by atoms with Gasteiger partial charge in [0.05, 0.1) is 5.69 Å². The lowest BCUT2D eigenvalue weighted by Crippen LogP contribution is -2.40. The number of hydrogen-bond donors (Lipinski definition) is 0. The Morgan fingerprint density at radius 1 is 1.12 bits per heavy atom. The highest BCUT2D eigenvalue weighted by Crippen LogP contribution is 2.19. The van der Waals surface area contributed by atoms with Crippen LogP contribution in [0.2, 0.25) is 0 Å². The van der Waals surface area contributed by atoms with E-state index in [2.05, 4.69) is 21.7 Å². The van der Waals surface area contributed by atoms with Gasteiger partial charge in [-0.2, -0.15) is 11.8 Å². The van der Waals surface area contributed by atoms with Gasteiger partial charge in [-0.3, -0.25) is 4.90 Å². The molecular formula is C20H25N3OS. The van der Waals surface area contributed by atoms with Crippen LogP contribution in [0.3, 0.4) is 0 Å². The summed E-state index contributed by atoms with van der Waals surface area (Å²) < 4.78 is 6.14. The van der Waals surface area contributed by atoms with Gasteiger partial charge < -0.3 is 4.74 Å². The zero-order valence-electron chi connectivity index (χ0n) is 14.5. The van der Waals surface area contributed by atoms with E-state index in [0.717, 1.165) is 43.7 Å². The third-order valence-corrected chi connectivity index (χ3v) is 5.20. The largest absolute Gasteiger partial charge is 0.472 e. The quantitative estimate of drug-likeness (QED) is 0.671. The summed E-state index contributed by atoms with van der Waals surface area (Å²) in [6.07, 6.45) is 3.97. The predicted molar refractivity (Wildman–Crippen MR) is 105 cm³/mol. The van der Waals surface area contributed by atoms with Gasteiger partial charge in [0.2, 0.25) is 5.88 Å². The number of hydrogen-bond acceptors (Lipinski definition) is 5. The van der Waals surface area contributed by atoms with E-state index >= 15 is 0 Å². The monoisotopic (exact) mass is 355 g/mol. The van der Waals surface area contributed by atoms with E-state index < -0.39 is 0 Å². The number of nitrogens with zero attached hydrogens (tertiary/aromatic N) is 3. The Morgan fingerprint density at radius 2 is 1.92 bits per heavy atom. The van der Waals surface area contributed by atoms with Gasteiger partial charge in [0.25, 0.3) is 0 Å².